The summed E-state index contributed by atoms with van der Waals surface area (Å²) in [6, 6.07) is 7.42. The van der Waals surface area contributed by atoms with Crippen LogP contribution < -0.4 is 5.32 Å². The number of carbonyl (C=O) groups excluding carboxylic acids is 1. The van der Waals surface area contributed by atoms with E-state index >= 15 is 0 Å². The average Bonchev–Trinajstić information content (AvgIpc) is 2.72. The van der Waals surface area contributed by atoms with Crippen molar-refractivity contribution in [3.8, 4) is 0 Å². The van der Waals surface area contributed by atoms with Crippen LogP contribution in [0.3, 0.4) is 0 Å². The Kier molecular flexibility index (Phi) is 7.65. The van der Waals surface area contributed by atoms with E-state index in [-0.39, 0.29) is 0 Å². The zero-order chi connectivity index (χ0) is 22.6. The third kappa shape index (κ3) is 5.59. The monoisotopic (exact) mass is 518 g/mol. The highest BCUT2D eigenvalue weighted by Crippen LogP contribution is 2.40. The maximum Gasteiger partial charge on any atom is 0.417 e. The number of aliphatic hydroxyl groups is 1. The Bertz CT molecular complexity index is 933. The Balaban J connectivity index is 1.98. The summed E-state index contributed by atoms with van der Waals surface area (Å²) in [4.78, 5) is 16.8. The second kappa shape index (κ2) is 9.88. The molecule has 4 nitrogen and oxygen atoms in total. The molecule has 0 spiro atoms. The van der Waals surface area contributed by atoms with E-state index in [4.69, 9.17) is 11.6 Å². The summed E-state index contributed by atoms with van der Waals surface area (Å²) in [6.45, 7) is 0. The van der Waals surface area contributed by atoms with Crippen LogP contribution in [0.1, 0.15) is 65.3 Å². The lowest BCUT2D eigenvalue weighted by Gasteiger charge is -2.40. The fraction of sp³-hybridized carbons (Fsp3) is 0.455. The molecule has 1 aromatic heterocycles. The fourth-order valence-electron chi connectivity index (χ4n) is 4.04. The summed E-state index contributed by atoms with van der Waals surface area (Å²) in [7, 11) is 0. The summed E-state index contributed by atoms with van der Waals surface area (Å²) in [5, 5.41) is 14.1. The standard InChI is InChI=1S/C22H23BrClF3N2O2/c23-11-7-14-5-4-6-15(13-14)19(21(31)9-2-1-3-10-21)29-20(30)18-17(24)16(8-12-28-18)22(25,26)27/h4-6,8,12-13,19,31H,1-3,7,9-11H2,(H,29,30). The minimum atomic E-state index is -4.71. The molecule has 1 aliphatic rings. The predicted molar refractivity (Wildman–Crippen MR) is 116 cm³/mol. The molecule has 1 amide bonds. The van der Waals surface area contributed by atoms with E-state index in [0.29, 0.717) is 18.4 Å². The Labute approximate surface area is 192 Å². The highest BCUT2D eigenvalue weighted by atomic mass is 79.9. The number of benzene rings is 1. The normalized spacial score (nSPS) is 17.2. The molecule has 2 N–H and O–H groups in total. The molecule has 0 saturated heterocycles. The highest BCUT2D eigenvalue weighted by molar-refractivity contribution is 9.09. The minimum Gasteiger partial charge on any atom is -0.387 e. The van der Waals surface area contributed by atoms with E-state index in [1.54, 1.807) is 6.07 Å². The zero-order valence-corrected chi connectivity index (χ0v) is 19.0. The van der Waals surface area contributed by atoms with Gasteiger partial charge in [0.2, 0.25) is 0 Å². The highest BCUT2D eigenvalue weighted by Gasteiger charge is 2.41. The number of halogens is 5. The number of carbonyl (C=O) groups is 1. The second-order valence-corrected chi connectivity index (χ2v) is 8.94. The number of nitrogens with one attached hydrogen (secondary N) is 1. The molecule has 1 heterocycles. The van der Waals surface area contributed by atoms with E-state index < -0.39 is 40.0 Å². The lowest BCUT2D eigenvalue weighted by molar-refractivity contribution is -0.137. The maximum atomic E-state index is 13.2. The molecule has 31 heavy (non-hydrogen) atoms. The molecule has 2 aromatic rings. The molecule has 3 rings (SSSR count). The van der Waals surface area contributed by atoms with Crippen LogP contribution in [0.15, 0.2) is 36.5 Å². The van der Waals surface area contributed by atoms with E-state index in [1.165, 1.54) is 0 Å². The van der Waals surface area contributed by atoms with E-state index in [1.807, 2.05) is 18.2 Å². The number of alkyl halides is 4. The van der Waals surface area contributed by atoms with E-state index in [9.17, 15) is 23.1 Å². The molecule has 1 aromatic carbocycles. The number of nitrogens with zero attached hydrogens (tertiary/aromatic N) is 1. The first-order chi connectivity index (χ1) is 14.7. The van der Waals surface area contributed by atoms with Gasteiger partial charge in [-0.1, -0.05) is 71.1 Å². The second-order valence-electron chi connectivity index (χ2n) is 7.77. The minimum absolute atomic E-state index is 0.477. The summed E-state index contributed by atoms with van der Waals surface area (Å²) in [6.07, 6.45) is 0.486. The number of pyridine rings is 1. The Morgan fingerprint density at radius 3 is 2.61 bits per heavy atom. The van der Waals surface area contributed by atoms with E-state index in [2.05, 4.69) is 26.2 Å². The largest absolute Gasteiger partial charge is 0.417 e. The average molecular weight is 520 g/mol. The van der Waals surface area contributed by atoms with Crippen LogP contribution in [0.4, 0.5) is 13.2 Å². The van der Waals surface area contributed by atoms with Gasteiger partial charge in [0.25, 0.3) is 5.91 Å². The summed E-state index contributed by atoms with van der Waals surface area (Å²) in [5.41, 5.74) is -1.14. The van der Waals surface area contributed by atoms with Crippen LogP contribution in [-0.2, 0) is 12.6 Å². The number of aryl methyl sites for hydroxylation is 1. The molecule has 1 fully saturated rings. The van der Waals surface area contributed by atoms with E-state index in [0.717, 1.165) is 48.8 Å². The number of rotatable bonds is 6. The SMILES string of the molecule is O=C(NC(c1cccc(CCBr)c1)C1(O)CCCCC1)c1nccc(C(F)(F)F)c1Cl. The van der Waals surface area contributed by atoms with Gasteiger partial charge in [-0.3, -0.25) is 4.79 Å². The molecule has 1 saturated carbocycles. The van der Waals surface area contributed by atoms with Crippen molar-refractivity contribution in [2.75, 3.05) is 5.33 Å². The molecule has 1 atom stereocenters. The number of hydrogen-bond donors (Lipinski definition) is 2. The van der Waals surface area contributed by atoms with Gasteiger partial charge in [-0.05, 0) is 36.5 Å². The van der Waals surface area contributed by atoms with Crippen molar-refractivity contribution in [1.29, 1.82) is 0 Å². The van der Waals surface area contributed by atoms with Gasteiger partial charge in [-0.25, -0.2) is 4.98 Å². The van der Waals surface area contributed by atoms with Crippen LogP contribution in [0, 0.1) is 0 Å². The molecule has 9 heteroatoms. The van der Waals surface area contributed by atoms with Gasteiger partial charge >= 0.3 is 6.18 Å². The van der Waals surface area contributed by atoms with Crippen molar-refractivity contribution in [3.63, 3.8) is 0 Å². The first-order valence-electron chi connectivity index (χ1n) is 10.1. The van der Waals surface area contributed by atoms with Crippen LogP contribution >= 0.6 is 27.5 Å². The van der Waals surface area contributed by atoms with Crippen molar-refractivity contribution in [3.05, 3.63) is 63.9 Å². The predicted octanol–water partition coefficient (Wildman–Crippen LogP) is 5.86. The van der Waals surface area contributed by atoms with Crippen LogP contribution in [-0.4, -0.2) is 26.9 Å². The van der Waals surface area contributed by atoms with Crippen molar-refractivity contribution < 1.29 is 23.1 Å². The molecule has 1 unspecified atom stereocenters. The van der Waals surface area contributed by atoms with Gasteiger partial charge in [0.1, 0.15) is 5.69 Å². The Hall–Kier alpha value is -1.64. The molecule has 168 valence electrons. The zero-order valence-electron chi connectivity index (χ0n) is 16.7. The quantitative estimate of drug-likeness (QED) is 0.470. The van der Waals surface area contributed by atoms with Crippen LogP contribution in [0.25, 0.3) is 0 Å². The van der Waals surface area contributed by atoms with Gasteiger partial charge in [-0.2, -0.15) is 13.2 Å². The molecule has 1 aliphatic carbocycles. The summed E-state index contributed by atoms with van der Waals surface area (Å²) < 4.78 is 39.6. The summed E-state index contributed by atoms with van der Waals surface area (Å²) >= 11 is 9.30. The van der Waals surface area contributed by atoms with Crippen molar-refractivity contribution in [1.82, 2.24) is 10.3 Å². The number of aromatic nitrogens is 1. The molecular weight excluding hydrogens is 497 g/mol. The van der Waals surface area contributed by atoms with Gasteiger partial charge in [0, 0.05) is 11.5 Å². The Morgan fingerprint density at radius 2 is 1.97 bits per heavy atom. The fourth-order valence-corrected chi connectivity index (χ4v) is 4.80. The van der Waals surface area contributed by atoms with Crippen LogP contribution in [0.5, 0.6) is 0 Å². The van der Waals surface area contributed by atoms with Gasteiger partial charge < -0.3 is 10.4 Å². The molecule has 0 bridgehead atoms. The first-order valence-corrected chi connectivity index (χ1v) is 11.6. The molecular formula is C22H23BrClF3N2O2. The smallest absolute Gasteiger partial charge is 0.387 e. The van der Waals surface area contributed by atoms with Crippen molar-refractivity contribution in [2.45, 2.75) is 56.3 Å². The van der Waals surface area contributed by atoms with Gasteiger partial charge in [-0.15, -0.1) is 0 Å². The Morgan fingerprint density at radius 1 is 1.26 bits per heavy atom. The lowest BCUT2D eigenvalue weighted by Crippen LogP contribution is -2.47. The van der Waals surface area contributed by atoms with Crippen molar-refractivity contribution >= 4 is 33.4 Å². The molecule has 0 aliphatic heterocycles. The lowest BCUT2D eigenvalue weighted by atomic mass is 9.76. The third-order valence-corrected chi connectivity index (χ3v) is 6.39. The summed E-state index contributed by atoms with van der Waals surface area (Å²) in [5.74, 6) is -0.856. The van der Waals surface area contributed by atoms with Crippen molar-refractivity contribution in [2.24, 2.45) is 0 Å². The first kappa shape index (κ1) is 24.0. The van der Waals surface area contributed by atoms with Gasteiger partial charge in [0.15, 0.2) is 0 Å². The van der Waals surface area contributed by atoms with Crippen LogP contribution in [0.2, 0.25) is 5.02 Å². The topological polar surface area (TPSA) is 62.2 Å². The third-order valence-electron chi connectivity index (χ3n) is 5.61. The number of hydrogen-bond acceptors (Lipinski definition) is 3. The number of amides is 1. The van der Waals surface area contributed by atoms with Gasteiger partial charge in [0.05, 0.1) is 22.2 Å². The maximum absolute atomic E-state index is 13.2. The molecule has 0 radical (unpaired) electrons.